The van der Waals surface area contributed by atoms with Gasteiger partial charge in [-0.25, -0.2) is 17.9 Å². The predicted octanol–water partition coefficient (Wildman–Crippen LogP) is 3.46. The number of nitrogens with one attached hydrogen (secondary N) is 2. The molecule has 1 amide bonds. The number of hydrogen-bond acceptors (Lipinski definition) is 5. The Hall–Kier alpha value is -3.01. The molecule has 0 aliphatic heterocycles. The van der Waals surface area contributed by atoms with Gasteiger partial charge in [-0.2, -0.15) is 0 Å². The molecular formula is C23H22N2O5S2. The maximum atomic E-state index is 12.5. The molecule has 2 aromatic carbocycles. The predicted molar refractivity (Wildman–Crippen MR) is 123 cm³/mol. The van der Waals surface area contributed by atoms with Gasteiger partial charge in [0, 0.05) is 11.7 Å². The molecule has 1 heterocycles. The number of hydrogen-bond donors (Lipinski definition) is 3. The van der Waals surface area contributed by atoms with Gasteiger partial charge in [0.1, 0.15) is 4.21 Å². The van der Waals surface area contributed by atoms with E-state index in [4.69, 9.17) is 5.11 Å². The van der Waals surface area contributed by atoms with Crippen molar-refractivity contribution < 1.29 is 23.1 Å². The fourth-order valence-corrected chi connectivity index (χ4v) is 6.08. The van der Waals surface area contributed by atoms with Crippen LogP contribution in [-0.4, -0.2) is 31.4 Å². The summed E-state index contributed by atoms with van der Waals surface area (Å²) in [4.78, 5) is 23.3. The van der Waals surface area contributed by atoms with Gasteiger partial charge in [-0.05, 0) is 71.7 Å². The van der Waals surface area contributed by atoms with Crippen molar-refractivity contribution in [2.75, 3.05) is 5.32 Å². The number of carbonyl (C=O) groups is 2. The smallest absolute Gasteiger partial charge is 0.335 e. The largest absolute Gasteiger partial charge is 0.478 e. The molecule has 1 unspecified atom stereocenters. The van der Waals surface area contributed by atoms with Crippen molar-refractivity contribution in [3.05, 3.63) is 82.2 Å². The quantitative estimate of drug-likeness (QED) is 0.490. The maximum absolute atomic E-state index is 12.5. The van der Waals surface area contributed by atoms with Crippen molar-refractivity contribution in [1.82, 2.24) is 4.72 Å². The first kappa shape index (κ1) is 22.2. The van der Waals surface area contributed by atoms with Gasteiger partial charge in [0.25, 0.3) is 0 Å². The van der Waals surface area contributed by atoms with Crippen LogP contribution >= 0.6 is 11.3 Å². The molecule has 0 radical (unpaired) electrons. The molecule has 3 N–H and O–H groups in total. The van der Waals surface area contributed by atoms with Crippen molar-refractivity contribution in [2.45, 2.75) is 35.9 Å². The molecule has 3 aromatic rings. The zero-order valence-corrected chi connectivity index (χ0v) is 18.7. The number of thiophene rings is 1. The summed E-state index contributed by atoms with van der Waals surface area (Å²) in [5, 5.41) is 13.5. The molecule has 0 saturated heterocycles. The zero-order chi connectivity index (χ0) is 22.7. The Morgan fingerprint density at radius 3 is 2.53 bits per heavy atom. The van der Waals surface area contributed by atoms with E-state index in [0.29, 0.717) is 22.7 Å². The van der Waals surface area contributed by atoms with E-state index in [2.05, 4.69) is 10.0 Å². The van der Waals surface area contributed by atoms with Gasteiger partial charge in [0.15, 0.2) is 0 Å². The third-order valence-electron chi connectivity index (χ3n) is 5.36. The van der Waals surface area contributed by atoms with E-state index in [0.717, 1.165) is 23.1 Å². The first-order chi connectivity index (χ1) is 15.3. The lowest BCUT2D eigenvalue weighted by Crippen LogP contribution is -2.38. The number of amides is 1. The van der Waals surface area contributed by atoms with Crippen LogP contribution in [0, 0.1) is 0 Å². The number of benzene rings is 2. The Morgan fingerprint density at radius 2 is 1.84 bits per heavy atom. The Labute approximate surface area is 190 Å². The molecule has 0 spiro atoms. The van der Waals surface area contributed by atoms with Crippen LogP contribution in [0.1, 0.15) is 33.5 Å². The highest BCUT2D eigenvalue weighted by molar-refractivity contribution is 7.91. The second-order valence-electron chi connectivity index (χ2n) is 7.70. The van der Waals surface area contributed by atoms with Crippen molar-refractivity contribution in [3.8, 4) is 0 Å². The second kappa shape index (κ2) is 9.23. The highest BCUT2D eigenvalue weighted by atomic mass is 32.2. The monoisotopic (exact) mass is 470 g/mol. The number of rotatable bonds is 7. The number of fused-ring (bicyclic) bond motifs is 1. The Morgan fingerprint density at radius 1 is 1.06 bits per heavy atom. The van der Waals surface area contributed by atoms with Gasteiger partial charge >= 0.3 is 5.97 Å². The number of aromatic carboxylic acids is 1. The van der Waals surface area contributed by atoms with E-state index in [1.807, 2.05) is 18.2 Å². The number of anilines is 1. The molecule has 1 atom stereocenters. The van der Waals surface area contributed by atoms with Crippen molar-refractivity contribution in [1.29, 1.82) is 0 Å². The van der Waals surface area contributed by atoms with Gasteiger partial charge in [-0.15, -0.1) is 11.3 Å². The third kappa shape index (κ3) is 5.24. The van der Waals surface area contributed by atoms with E-state index in [-0.39, 0.29) is 23.9 Å². The average Bonchev–Trinajstić information content (AvgIpc) is 3.30. The van der Waals surface area contributed by atoms with Crippen molar-refractivity contribution in [3.63, 3.8) is 0 Å². The van der Waals surface area contributed by atoms with Gasteiger partial charge in [-0.3, -0.25) is 4.79 Å². The van der Waals surface area contributed by atoms with Crippen molar-refractivity contribution in [2.24, 2.45) is 0 Å². The van der Waals surface area contributed by atoms with Crippen LogP contribution in [0.25, 0.3) is 0 Å². The van der Waals surface area contributed by atoms with Crippen LogP contribution in [0.4, 0.5) is 5.69 Å². The summed E-state index contributed by atoms with van der Waals surface area (Å²) in [6.07, 6.45) is 2.24. The number of aryl methyl sites for hydroxylation is 1. The molecule has 0 bridgehead atoms. The van der Waals surface area contributed by atoms with Crippen LogP contribution in [0.3, 0.4) is 0 Å². The van der Waals surface area contributed by atoms with E-state index >= 15 is 0 Å². The summed E-state index contributed by atoms with van der Waals surface area (Å²) in [6, 6.07) is 15.0. The number of carboxylic acid groups (broad SMARTS) is 1. The lowest BCUT2D eigenvalue weighted by atomic mass is 9.87. The fourth-order valence-electron chi connectivity index (χ4n) is 3.80. The Kier molecular flexibility index (Phi) is 6.40. The summed E-state index contributed by atoms with van der Waals surface area (Å²) in [7, 11) is -3.50. The molecule has 7 nitrogen and oxygen atoms in total. The van der Waals surface area contributed by atoms with Gasteiger partial charge < -0.3 is 10.4 Å². The van der Waals surface area contributed by atoms with Crippen LogP contribution in [0.15, 0.2) is 64.2 Å². The minimum atomic E-state index is -3.50. The summed E-state index contributed by atoms with van der Waals surface area (Å²) in [6.45, 7) is 0. The van der Waals surface area contributed by atoms with Crippen molar-refractivity contribution >= 4 is 38.9 Å². The van der Waals surface area contributed by atoms with Crippen LogP contribution < -0.4 is 10.0 Å². The number of sulfonamides is 1. The molecule has 32 heavy (non-hydrogen) atoms. The van der Waals surface area contributed by atoms with E-state index < -0.39 is 16.0 Å². The maximum Gasteiger partial charge on any atom is 0.335 e. The molecule has 166 valence electrons. The normalized spacial score (nSPS) is 15.7. The average molecular weight is 471 g/mol. The lowest BCUT2D eigenvalue weighted by molar-refractivity contribution is -0.115. The SMILES string of the molecule is O=C(Cc1ccc2c(c1)CCC(NS(=O)(=O)c1cccs1)C2)Nc1ccc(C(=O)O)cc1. The molecular weight excluding hydrogens is 448 g/mol. The van der Waals surface area contributed by atoms with E-state index in [1.54, 1.807) is 29.6 Å². The zero-order valence-electron chi connectivity index (χ0n) is 17.1. The summed E-state index contributed by atoms with van der Waals surface area (Å²) >= 11 is 1.20. The molecule has 1 aliphatic carbocycles. The lowest BCUT2D eigenvalue weighted by Gasteiger charge is -2.25. The first-order valence-corrected chi connectivity index (χ1v) is 12.5. The topological polar surface area (TPSA) is 113 Å². The standard InChI is InChI=1S/C23H22N2O5S2/c26-21(24-19-8-5-16(6-9-19)23(27)28)13-15-3-4-18-14-20(10-7-17(18)12-15)25-32(29,30)22-2-1-11-31-22/h1-6,8-9,11-12,20,25H,7,10,13-14H2,(H,24,26)(H,27,28). The van der Waals surface area contributed by atoms with Crippen LogP contribution in [-0.2, 0) is 34.1 Å². The summed E-state index contributed by atoms with van der Waals surface area (Å²) in [5.41, 5.74) is 3.80. The highest BCUT2D eigenvalue weighted by Crippen LogP contribution is 2.25. The third-order valence-corrected chi connectivity index (χ3v) is 8.28. The second-order valence-corrected chi connectivity index (χ2v) is 10.6. The van der Waals surface area contributed by atoms with Gasteiger partial charge in [-0.1, -0.05) is 24.3 Å². The van der Waals surface area contributed by atoms with E-state index in [1.165, 1.54) is 23.5 Å². The number of carbonyl (C=O) groups excluding carboxylic acids is 1. The number of carboxylic acids is 1. The molecule has 0 saturated carbocycles. The Balaban J connectivity index is 1.36. The van der Waals surface area contributed by atoms with Crippen LogP contribution in [0.5, 0.6) is 0 Å². The van der Waals surface area contributed by atoms with Gasteiger partial charge in [0.2, 0.25) is 15.9 Å². The molecule has 1 aromatic heterocycles. The minimum absolute atomic E-state index is 0.155. The van der Waals surface area contributed by atoms with Crippen LogP contribution in [0.2, 0.25) is 0 Å². The minimum Gasteiger partial charge on any atom is -0.478 e. The highest BCUT2D eigenvalue weighted by Gasteiger charge is 2.25. The molecule has 9 heteroatoms. The summed E-state index contributed by atoms with van der Waals surface area (Å²) in [5.74, 6) is -1.20. The molecule has 4 rings (SSSR count). The first-order valence-electron chi connectivity index (χ1n) is 10.1. The molecule has 1 aliphatic rings. The summed E-state index contributed by atoms with van der Waals surface area (Å²) < 4.78 is 28.1. The van der Waals surface area contributed by atoms with E-state index in [9.17, 15) is 18.0 Å². The Bertz CT molecular complexity index is 1240. The molecule has 0 fully saturated rings. The van der Waals surface area contributed by atoms with Gasteiger partial charge in [0.05, 0.1) is 12.0 Å². The fraction of sp³-hybridized carbons (Fsp3) is 0.217.